The summed E-state index contributed by atoms with van der Waals surface area (Å²) in [6.07, 6.45) is 1.61. The van der Waals surface area contributed by atoms with E-state index in [1.807, 2.05) is 13.8 Å². The standard InChI is InChI=1S/C7H7NO.C4H6/c1-6(9)7-4-2-3-5-8-7;1-3-4-2/h2-5H,1H3;1-2H3. The van der Waals surface area contributed by atoms with E-state index >= 15 is 0 Å². The van der Waals surface area contributed by atoms with Crippen molar-refractivity contribution in [1.29, 1.82) is 0 Å². The molecule has 0 radical (unpaired) electrons. The molecule has 1 aromatic rings. The molecule has 0 unspecified atom stereocenters. The molecule has 2 nitrogen and oxygen atoms in total. The monoisotopic (exact) mass is 175 g/mol. The van der Waals surface area contributed by atoms with Crippen LogP contribution in [0.15, 0.2) is 24.4 Å². The number of hydrogen-bond acceptors (Lipinski definition) is 2. The van der Waals surface area contributed by atoms with Crippen molar-refractivity contribution < 1.29 is 4.79 Å². The van der Waals surface area contributed by atoms with Crippen molar-refractivity contribution in [2.45, 2.75) is 20.8 Å². The van der Waals surface area contributed by atoms with Gasteiger partial charge < -0.3 is 0 Å². The van der Waals surface area contributed by atoms with Gasteiger partial charge in [-0.15, -0.1) is 11.8 Å². The average Bonchev–Trinajstić information content (AvgIpc) is 2.19. The number of aromatic nitrogens is 1. The molecule has 1 rings (SSSR count). The highest BCUT2D eigenvalue weighted by Crippen LogP contribution is 1.92. The fourth-order valence-corrected chi connectivity index (χ4v) is 0.571. The van der Waals surface area contributed by atoms with Gasteiger partial charge in [-0.2, -0.15) is 0 Å². The SMILES string of the molecule is CC#CC.CC(=O)c1ccccn1. The Morgan fingerprint density at radius 3 is 2.15 bits per heavy atom. The Balaban J connectivity index is 0.000000310. The Morgan fingerprint density at radius 2 is 1.92 bits per heavy atom. The quantitative estimate of drug-likeness (QED) is 0.484. The Kier molecular flexibility index (Phi) is 6.17. The zero-order valence-electron chi connectivity index (χ0n) is 8.16. The molecule has 0 aliphatic heterocycles. The van der Waals surface area contributed by atoms with E-state index in [1.54, 1.807) is 24.4 Å². The van der Waals surface area contributed by atoms with Crippen LogP contribution in [0.1, 0.15) is 31.3 Å². The minimum atomic E-state index is 0.00981. The van der Waals surface area contributed by atoms with Crippen LogP contribution in [0, 0.1) is 11.8 Å². The summed E-state index contributed by atoms with van der Waals surface area (Å²) in [6, 6.07) is 5.28. The van der Waals surface area contributed by atoms with E-state index in [-0.39, 0.29) is 5.78 Å². The fourth-order valence-electron chi connectivity index (χ4n) is 0.571. The number of carbonyl (C=O) groups excluding carboxylic acids is 1. The first-order valence-electron chi connectivity index (χ1n) is 3.97. The number of ketones is 1. The van der Waals surface area contributed by atoms with Crippen LogP contribution < -0.4 is 0 Å². The lowest BCUT2D eigenvalue weighted by atomic mass is 10.3. The second-order valence-corrected chi connectivity index (χ2v) is 2.27. The third-order valence-corrected chi connectivity index (χ3v) is 1.28. The molecular weight excluding hydrogens is 162 g/mol. The molecule has 0 aliphatic carbocycles. The Labute approximate surface area is 79.0 Å². The third kappa shape index (κ3) is 5.63. The molecule has 0 saturated carbocycles. The van der Waals surface area contributed by atoms with E-state index in [4.69, 9.17) is 0 Å². The first-order valence-corrected chi connectivity index (χ1v) is 3.97. The number of pyridine rings is 1. The van der Waals surface area contributed by atoms with Gasteiger partial charge >= 0.3 is 0 Å². The van der Waals surface area contributed by atoms with Gasteiger partial charge in [0.1, 0.15) is 5.69 Å². The molecule has 1 heterocycles. The summed E-state index contributed by atoms with van der Waals surface area (Å²) in [4.78, 5) is 14.4. The molecule has 0 amide bonds. The third-order valence-electron chi connectivity index (χ3n) is 1.28. The predicted molar refractivity (Wildman–Crippen MR) is 53.4 cm³/mol. The van der Waals surface area contributed by atoms with Crippen LogP contribution in [0.2, 0.25) is 0 Å². The van der Waals surface area contributed by atoms with Crippen LogP contribution >= 0.6 is 0 Å². The minimum absolute atomic E-state index is 0.00981. The van der Waals surface area contributed by atoms with Crippen LogP contribution in [-0.2, 0) is 0 Å². The molecule has 0 bridgehead atoms. The van der Waals surface area contributed by atoms with Gasteiger partial charge in [0.05, 0.1) is 0 Å². The highest BCUT2D eigenvalue weighted by Gasteiger charge is 1.94. The lowest BCUT2D eigenvalue weighted by Gasteiger charge is -1.88. The normalized spacial score (nSPS) is 7.31. The van der Waals surface area contributed by atoms with Crippen molar-refractivity contribution in [2.75, 3.05) is 0 Å². The zero-order chi connectivity index (χ0) is 10.1. The van der Waals surface area contributed by atoms with Crippen LogP contribution in [0.25, 0.3) is 0 Å². The second kappa shape index (κ2) is 7.05. The van der Waals surface area contributed by atoms with Crippen LogP contribution in [0.5, 0.6) is 0 Å². The summed E-state index contributed by atoms with van der Waals surface area (Å²) < 4.78 is 0. The molecule has 0 aromatic carbocycles. The summed E-state index contributed by atoms with van der Waals surface area (Å²) in [5.74, 6) is 5.37. The smallest absolute Gasteiger partial charge is 0.178 e. The summed E-state index contributed by atoms with van der Waals surface area (Å²) >= 11 is 0. The topological polar surface area (TPSA) is 30.0 Å². The van der Waals surface area contributed by atoms with Gasteiger partial charge in [-0.25, -0.2) is 0 Å². The van der Waals surface area contributed by atoms with Gasteiger partial charge in [-0.05, 0) is 26.0 Å². The molecule has 0 N–H and O–H groups in total. The maximum absolute atomic E-state index is 10.6. The Morgan fingerprint density at radius 1 is 1.31 bits per heavy atom. The summed E-state index contributed by atoms with van der Waals surface area (Å²) in [6.45, 7) is 5.14. The van der Waals surface area contributed by atoms with E-state index in [9.17, 15) is 4.79 Å². The molecule has 1 aromatic heterocycles. The number of hydrogen-bond donors (Lipinski definition) is 0. The van der Waals surface area contributed by atoms with Crippen LogP contribution in [0.4, 0.5) is 0 Å². The molecule has 68 valence electrons. The van der Waals surface area contributed by atoms with Crippen molar-refractivity contribution in [3.05, 3.63) is 30.1 Å². The second-order valence-electron chi connectivity index (χ2n) is 2.27. The van der Waals surface area contributed by atoms with E-state index < -0.39 is 0 Å². The Bertz CT molecular complexity index is 300. The molecule has 0 aliphatic rings. The summed E-state index contributed by atoms with van der Waals surface area (Å²) in [5, 5.41) is 0. The zero-order valence-corrected chi connectivity index (χ0v) is 8.16. The lowest BCUT2D eigenvalue weighted by molar-refractivity contribution is 0.101. The summed E-state index contributed by atoms with van der Waals surface area (Å²) in [7, 11) is 0. The number of rotatable bonds is 1. The Hall–Kier alpha value is -1.62. The minimum Gasteiger partial charge on any atom is -0.293 e. The first-order chi connectivity index (χ1) is 6.22. The van der Waals surface area contributed by atoms with Crippen molar-refractivity contribution in [2.24, 2.45) is 0 Å². The van der Waals surface area contributed by atoms with Crippen LogP contribution in [-0.4, -0.2) is 10.8 Å². The molecule has 2 heteroatoms. The lowest BCUT2D eigenvalue weighted by Crippen LogP contribution is -1.93. The maximum atomic E-state index is 10.6. The van der Waals surface area contributed by atoms with Crippen molar-refractivity contribution in [1.82, 2.24) is 4.98 Å². The number of Topliss-reactive ketones (excluding diaryl/α,β-unsaturated/α-hetero) is 1. The molecule has 0 atom stereocenters. The van der Waals surface area contributed by atoms with Gasteiger partial charge in [-0.3, -0.25) is 9.78 Å². The number of carbonyl (C=O) groups is 1. The highest BCUT2D eigenvalue weighted by atomic mass is 16.1. The molecule has 13 heavy (non-hydrogen) atoms. The predicted octanol–water partition coefficient (Wildman–Crippen LogP) is 2.31. The van der Waals surface area contributed by atoms with E-state index in [0.717, 1.165) is 0 Å². The van der Waals surface area contributed by atoms with E-state index in [1.165, 1.54) is 6.92 Å². The fraction of sp³-hybridized carbons (Fsp3) is 0.273. The van der Waals surface area contributed by atoms with E-state index in [0.29, 0.717) is 5.69 Å². The molecule has 0 fully saturated rings. The van der Waals surface area contributed by atoms with Crippen molar-refractivity contribution in [3.8, 4) is 11.8 Å². The molecule has 0 spiro atoms. The largest absolute Gasteiger partial charge is 0.293 e. The highest BCUT2D eigenvalue weighted by molar-refractivity contribution is 5.91. The van der Waals surface area contributed by atoms with Gasteiger partial charge in [0.25, 0.3) is 0 Å². The maximum Gasteiger partial charge on any atom is 0.178 e. The first kappa shape index (κ1) is 11.4. The van der Waals surface area contributed by atoms with Crippen molar-refractivity contribution >= 4 is 5.78 Å². The average molecular weight is 175 g/mol. The van der Waals surface area contributed by atoms with Gasteiger partial charge in [0.2, 0.25) is 0 Å². The van der Waals surface area contributed by atoms with Crippen LogP contribution in [0.3, 0.4) is 0 Å². The molecular formula is C11H13NO. The van der Waals surface area contributed by atoms with E-state index in [2.05, 4.69) is 16.8 Å². The van der Waals surface area contributed by atoms with Gasteiger partial charge in [0, 0.05) is 13.1 Å². The van der Waals surface area contributed by atoms with Gasteiger partial charge in [0.15, 0.2) is 5.78 Å². The van der Waals surface area contributed by atoms with Crippen molar-refractivity contribution in [3.63, 3.8) is 0 Å². The molecule has 0 saturated heterocycles. The summed E-state index contributed by atoms with van der Waals surface area (Å²) in [5.41, 5.74) is 0.525. The number of nitrogens with zero attached hydrogens (tertiary/aromatic N) is 1. The van der Waals surface area contributed by atoms with Gasteiger partial charge in [-0.1, -0.05) is 6.07 Å².